The standard InChI is InChI=1S/C8H5OS/c9-7-2-1-3-8-6(7)4-5-10-8/h1-5H. The molecule has 0 amide bonds. The van der Waals surface area contributed by atoms with E-state index in [4.69, 9.17) is 0 Å². The molecule has 1 heterocycles. The second-order valence-electron chi connectivity index (χ2n) is 2.09. The third-order valence-electron chi connectivity index (χ3n) is 1.46. The minimum absolute atomic E-state index is 0.124. The van der Waals surface area contributed by atoms with Gasteiger partial charge < -0.3 is 0 Å². The molecule has 1 nitrogen and oxygen atoms in total. The van der Waals surface area contributed by atoms with E-state index < -0.39 is 0 Å². The van der Waals surface area contributed by atoms with E-state index in [-0.39, 0.29) is 5.75 Å². The molecule has 0 atom stereocenters. The van der Waals surface area contributed by atoms with Crippen LogP contribution in [0.2, 0.25) is 0 Å². The third-order valence-corrected chi connectivity index (χ3v) is 2.34. The second kappa shape index (κ2) is 1.99. The number of benzene rings is 1. The highest BCUT2D eigenvalue weighted by Gasteiger charge is 1.99. The van der Waals surface area contributed by atoms with Crippen molar-refractivity contribution in [3.8, 4) is 5.75 Å². The Morgan fingerprint density at radius 3 is 2.90 bits per heavy atom. The first kappa shape index (κ1) is 5.74. The lowest BCUT2D eigenvalue weighted by Gasteiger charge is -1.87. The van der Waals surface area contributed by atoms with Crippen LogP contribution in [-0.4, -0.2) is 0 Å². The smallest absolute Gasteiger partial charge is 0.187 e. The Morgan fingerprint density at radius 2 is 2.10 bits per heavy atom. The molecule has 2 aromatic rings. The summed E-state index contributed by atoms with van der Waals surface area (Å²) in [5.41, 5.74) is 0. The van der Waals surface area contributed by atoms with Gasteiger partial charge in [0.25, 0.3) is 0 Å². The van der Waals surface area contributed by atoms with Crippen LogP contribution in [0.5, 0.6) is 5.75 Å². The van der Waals surface area contributed by atoms with Gasteiger partial charge in [0.1, 0.15) is 0 Å². The largest absolute Gasteiger partial charge is 0.289 e. The van der Waals surface area contributed by atoms with Gasteiger partial charge in [0, 0.05) is 10.1 Å². The summed E-state index contributed by atoms with van der Waals surface area (Å²) in [5.74, 6) is 0.124. The van der Waals surface area contributed by atoms with Crippen LogP contribution in [-0.2, 0) is 5.11 Å². The zero-order valence-corrected chi connectivity index (χ0v) is 6.02. The van der Waals surface area contributed by atoms with Crippen LogP contribution in [0, 0.1) is 0 Å². The molecule has 2 rings (SSSR count). The van der Waals surface area contributed by atoms with Crippen molar-refractivity contribution < 1.29 is 5.11 Å². The van der Waals surface area contributed by atoms with Crippen molar-refractivity contribution in [1.82, 2.24) is 0 Å². The fourth-order valence-corrected chi connectivity index (χ4v) is 1.77. The topological polar surface area (TPSA) is 19.9 Å². The molecule has 1 radical (unpaired) electrons. The number of hydrogen-bond donors (Lipinski definition) is 0. The molecule has 10 heavy (non-hydrogen) atoms. The average Bonchev–Trinajstić information content (AvgIpc) is 2.36. The van der Waals surface area contributed by atoms with Crippen LogP contribution in [0.1, 0.15) is 0 Å². The first-order chi connectivity index (χ1) is 4.88. The van der Waals surface area contributed by atoms with Crippen molar-refractivity contribution in [1.29, 1.82) is 0 Å². The molecule has 0 bridgehead atoms. The SMILES string of the molecule is [O]c1cccc2sccc12. The van der Waals surface area contributed by atoms with E-state index in [2.05, 4.69) is 0 Å². The van der Waals surface area contributed by atoms with Crippen LogP contribution in [0.4, 0.5) is 0 Å². The summed E-state index contributed by atoms with van der Waals surface area (Å²) in [4.78, 5) is 0. The van der Waals surface area contributed by atoms with E-state index in [1.807, 2.05) is 17.5 Å². The minimum atomic E-state index is 0.124. The predicted octanol–water partition coefficient (Wildman–Crippen LogP) is 3.05. The molecule has 0 unspecified atom stereocenters. The molecule has 0 fully saturated rings. The average molecular weight is 149 g/mol. The Bertz CT molecular complexity index is 351. The predicted molar refractivity (Wildman–Crippen MR) is 42.0 cm³/mol. The second-order valence-corrected chi connectivity index (χ2v) is 3.04. The summed E-state index contributed by atoms with van der Waals surface area (Å²) in [6.07, 6.45) is 0. The van der Waals surface area contributed by atoms with Crippen molar-refractivity contribution in [2.75, 3.05) is 0 Å². The quantitative estimate of drug-likeness (QED) is 0.548. The van der Waals surface area contributed by atoms with Gasteiger partial charge in [-0.1, -0.05) is 6.07 Å². The van der Waals surface area contributed by atoms with E-state index in [9.17, 15) is 5.11 Å². The van der Waals surface area contributed by atoms with E-state index in [1.54, 1.807) is 23.5 Å². The maximum absolute atomic E-state index is 11.0. The van der Waals surface area contributed by atoms with Gasteiger partial charge in [-0.2, -0.15) is 0 Å². The summed E-state index contributed by atoms with van der Waals surface area (Å²) in [5, 5.41) is 13.8. The molecule has 0 aliphatic rings. The molecule has 0 aliphatic heterocycles. The molecular formula is C8H5OS. The van der Waals surface area contributed by atoms with Gasteiger partial charge in [0.2, 0.25) is 0 Å². The van der Waals surface area contributed by atoms with Gasteiger partial charge >= 0.3 is 0 Å². The maximum atomic E-state index is 11.0. The van der Waals surface area contributed by atoms with Crippen molar-refractivity contribution >= 4 is 21.4 Å². The summed E-state index contributed by atoms with van der Waals surface area (Å²) < 4.78 is 1.08. The number of rotatable bonds is 0. The lowest BCUT2D eigenvalue weighted by Crippen LogP contribution is -1.61. The lowest BCUT2D eigenvalue weighted by atomic mass is 10.2. The van der Waals surface area contributed by atoms with Gasteiger partial charge in [-0.05, 0) is 23.6 Å². The van der Waals surface area contributed by atoms with E-state index in [0.717, 1.165) is 10.1 Å². The van der Waals surface area contributed by atoms with Crippen LogP contribution >= 0.6 is 11.3 Å². The summed E-state index contributed by atoms with van der Waals surface area (Å²) >= 11 is 1.60. The first-order valence-electron chi connectivity index (χ1n) is 3.01. The van der Waals surface area contributed by atoms with Gasteiger partial charge in [-0.15, -0.1) is 11.3 Å². The lowest BCUT2D eigenvalue weighted by molar-refractivity contribution is 0.360. The molecule has 0 N–H and O–H groups in total. The molecule has 0 spiro atoms. The van der Waals surface area contributed by atoms with Crippen LogP contribution in [0.3, 0.4) is 0 Å². The van der Waals surface area contributed by atoms with Gasteiger partial charge in [0.15, 0.2) is 5.75 Å². The van der Waals surface area contributed by atoms with E-state index in [0.29, 0.717) is 0 Å². The number of fused-ring (bicyclic) bond motifs is 1. The number of thiophene rings is 1. The summed E-state index contributed by atoms with van der Waals surface area (Å²) in [7, 11) is 0. The van der Waals surface area contributed by atoms with Crippen molar-refractivity contribution in [3.63, 3.8) is 0 Å². The Balaban J connectivity index is 2.95. The summed E-state index contributed by atoms with van der Waals surface area (Å²) in [6, 6.07) is 7.21. The first-order valence-corrected chi connectivity index (χ1v) is 3.89. The highest BCUT2D eigenvalue weighted by Crippen LogP contribution is 2.28. The summed E-state index contributed by atoms with van der Waals surface area (Å²) in [6.45, 7) is 0. The Kier molecular flexibility index (Phi) is 1.14. The Morgan fingerprint density at radius 1 is 1.20 bits per heavy atom. The number of hydrogen-bond acceptors (Lipinski definition) is 1. The van der Waals surface area contributed by atoms with Crippen LogP contribution in [0.15, 0.2) is 29.6 Å². The highest BCUT2D eigenvalue weighted by atomic mass is 32.1. The highest BCUT2D eigenvalue weighted by molar-refractivity contribution is 7.17. The zero-order chi connectivity index (χ0) is 6.97. The Hall–Kier alpha value is -1.02. The third kappa shape index (κ3) is 0.693. The molecular weight excluding hydrogens is 144 g/mol. The molecule has 0 saturated heterocycles. The van der Waals surface area contributed by atoms with Crippen molar-refractivity contribution in [2.24, 2.45) is 0 Å². The normalized spacial score (nSPS) is 10.4. The van der Waals surface area contributed by atoms with Gasteiger partial charge in [-0.3, -0.25) is 5.11 Å². The fraction of sp³-hybridized carbons (Fsp3) is 0. The molecule has 2 heteroatoms. The van der Waals surface area contributed by atoms with Crippen molar-refractivity contribution in [2.45, 2.75) is 0 Å². The van der Waals surface area contributed by atoms with Crippen LogP contribution in [0.25, 0.3) is 10.1 Å². The fourth-order valence-electron chi connectivity index (χ4n) is 0.966. The van der Waals surface area contributed by atoms with Gasteiger partial charge in [-0.25, -0.2) is 0 Å². The minimum Gasteiger partial charge on any atom is -0.289 e. The molecule has 49 valence electrons. The maximum Gasteiger partial charge on any atom is 0.187 e. The Labute approximate surface area is 62.5 Å². The van der Waals surface area contributed by atoms with Crippen molar-refractivity contribution in [3.05, 3.63) is 29.6 Å². The van der Waals surface area contributed by atoms with E-state index >= 15 is 0 Å². The molecule has 0 saturated carbocycles. The molecule has 0 aliphatic carbocycles. The van der Waals surface area contributed by atoms with Gasteiger partial charge in [0.05, 0.1) is 0 Å². The molecule has 1 aromatic heterocycles. The molecule has 1 aromatic carbocycles. The van der Waals surface area contributed by atoms with E-state index in [1.165, 1.54) is 0 Å². The monoisotopic (exact) mass is 149 g/mol. The van der Waals surface area contributed by atoms with Crippen LogP contribution < -0.4 is 0 Å². The zero-order valence-electron chi connectivity index (χ0n) is 5.20.